The number of benzene rings is 2. The summed E-state index contributed by atoms with van der Waals surface area (Å²) in [6.45, 7) is 1.46. The van der Waals surface area contributed by atoms with Crippen LogP contribution >= 0.6 is 0 Å². The third-order valence-corrected chi connectivity index (χ3v) is 5.87. The second-order valence-corrected chi connectivity index (χ2v) is 8.57. The van der Waals surface area contributed by atoms with Gasteiger partial charge in [0.05, 0.1) is 23.6 Å². The van der Waals surface area contributed by atoms with Gasteiger partial charge in [0.2, 0.25) is 11.7 Å². The number of carbonyl (C=O) groups is 2. The molecule has 0 unspecified atom stereocenters. The maximum absolute atomic E-state index is 13.3. The van der Waals surface area contributed by atoms with E-state index in [9.17, 15) is 9.59 Å². The van der Waals surface area contributed by atoms with E-state index in [0.717, 1.165) is 18.4 Å². The van der Waals surface area contributed by atoms with Crippen molar-refractivity contribution in [2.45, 2.75) is 31.8 Å². The molecule has 0 aliphatic rings. The molecular formula is C25H31N9O3. The Morgan fingerprint density at radius 3 is 2.54 bits per heavy atom. The molecule has 2 aromatic heterocycles. The zero-order chi connectivity index (χ0) is 26.2. The number of ketones is 1. The Hall–Kier alpha value is -4.13. The molecule has 2 heterocycles. The Kier molecular flexibility index (Phi) is 8.56. The highest BCUT2D eigenvalue weighted by Crippen LogP contribution is 2.28. The monoisotopic (exact) mass is 505 g/mol. The zero-order valence-corrected chi connectivity index (χ0v) is 20.4. The highest BCUT2D eigenvalue weighted by Gasteiger charge is 2.22. The van der Waals surface area contributed by atoms with Crippen LogP contribution in [0.2, 0.25) is 0 Å². The van der Waals surface area contributed by atoms with E-state index in [2.05, 4.69) is 25.9 Å². The fourth-order valence-electron chi connectivity index (χ4n) is 3.91. The molecular weight excluding hydrogens is 474 g/mol. The van der Waals surface area contributed by atoms with Gasteiger partial charge in [0.15, 0.2) is 17.3 Å². The van der Waals surface area contributed by atoms with Crippen molar-refractivity contribution in [3.63, 3.8) is 0 Å². The maximum atomic E-state index is 13.3. The third-order valence-electron chi connectivity index (χ3n) is 5.87. The molecule has 4 rings (SSSR count). The van der Waals surface area contributed by atoms with Crippen LogP contribution in [0.3, 0.4) is 0 Å². The average Bonchev–Trinajstić information content (AvgIpc) is 3.52. The summed E-state index contributed by atoms with van der Waals surface area (Å²) in [5.41, 5.74) is 19.9. The summed E-state index contributed by atoms with van der Waals surface area (Å²) in [7, 11) is 0. The number of unbranched alkanes of at least 4 members (excludes halogenated alkanes) is 1. The molecule has 4 aromatic rings. The summed E-state index contributed by atoms with van der Waals surface area (Å²) in [6, 6.07) is 13.6. The Balaban J connectivity index is 1.51. The van der Waals surface area contributed by atoms with Crippen molar-refractivity contribution in [3.05, 3.63) is 54.1 Å². The van der Waals surface area contributed by atoms with E-state index < -0.39 is 6.04 Å². The van der Waals surface area contributed by atoms with Crippen LogP contribution in [-0.4, -0.2) is 57.2 Å². The smallest absolute Gasteiger partial charge is 0.241 e. The zero-order valence-electron chi connectivity index (χ0n) is 20.4. The molecule has 0 radical (unpaired) electrons. The Labute approximate surface area is 213 Å². The molecule has 12 nitrogen and oxygen atoms in total. The molecule has 37 heavy (non-hydrogen) atoms. The number of fused-ring (bicyclic) bond motifs is 1. The van der Waals surface area contributed by atoms with Crippen LogP contribution in [0.15, 0.2) is 53.2 Å². The summed E-state index contributed by atoms with van der Waals surface area (Å²) >= 11 is 0. The van der Waals surface area contributed by atoms with E-state index in [1.165, 1.54) is 0 Å². The quantitative estimate of drug-likeness (QED) is 0.132. The van der Waals surface area contributed by atoms with Crippen LogP contribution in [0.25, 0.3) is 22.6 Å². The summed E-state index contributed by atoms with van der Waals surface area (Å²) in [5.74, 6) is 0.429. The van der Waals surface area contributed by atoms with Crippen molar-refractivity contribution in [1.82, 2.24) is 19.9 Å². The van der Waals surface area contributed by atoms with Gasteiger partial charge in [-0.05, 0) is 66.1 Å². The van der Waals surface area contributed by atoms with Crippen molar-refractivity contribution < 1.29 is 14.2 Å². The number of nitrogens with one attached hydrogen (secondary N) is 2. The van der Waals surface area contributed by atoms with Crippen LogP contribution in [0.5, 0.6) is 0 Å². The molecule has 0 spiro atoms. The van der Waals surface area contributed by atoms with Gasteiger partial charge in [-0.25, -0.2) is 9.61 Å². The number of Topliss-reactive ketones (excluding diaryl/α,β-unsaturated/α-hetero) is 1. The molecule has 0 bridgehead atoms. The van der Waals surface area contributed by atoms with Gasteiger partial charge in [0.25, 0.3) is 0 Å². The van der Waals surface area contributed by atoms with E-state index in [4.69, 9.17) is 21.8 Å². The number of nitrogens with two attached hydrogens (primary N) is 3. The van der Waals surface area contributed by atoms with Gasteiger partial charge >= 0.3 is 0 Å². The third kappa shape index (κ3) is 6.17. The van der Waals surface area contributed by atoms with Gasteiger partial charge in [-0.15, -0.1) is 0 Å². The first-order valence-electron chi connectivity index (χ1n) is 12.1. The minimum atomic E-state index is -0.615. The molecule has 194 valence electrons. The van der Waals surface area contributed by atoms with Crippen LogP contribution in [0.4, 0.5) is 11.5 Å². The number of rotatable bonds is 13. The largest absolute Gasteiger partial charge is 0.364 e. The number of nitrogens with zero attached hydrogens (tertiary/aromatic N) is 4. The van der Waals surface area contributed by atoms with Crippen LogP contribution in [0.1, 0.15) is 29.6 Å². The van der Waals surface area contributed by atoms with Gasteiger partial charge in [-0.1, -0.05) is 18.6 Å². The summed E-state index contributed by atoms with van der Waals surface area (Å²) in [6.07, 6.45) is 2.17. The summed E-state index contributed by atoms with van der Waals surface area (Å²) < 4.78 is 6.71. The minimum Gasteiger partial charge on any atom is -0.364 e. The lowest BCUT2D eigenvalue weighted by Crippen LogP contribution is -2.35. The second kappa shape index (κ2) is 12.2. The van der Waals surface area contributed by atoms with Crippen molar-refractivity contribution >= 4 is 34.2 Å². The lowest BCUT2D eigenvalue weighted by atomic mass is 10.1. The molecule has 8 N–H and O–H groups in total. The number of carbonyl (C=O) groups excluding carboxylic acids is 2. The van der Waals surface area contributed by atoms with Crippen molar-refractivity contribution in [2.24, 2.45) is 17.2 Å². The van der Waals surface area contributed by atoms with Crippen molar-refractivity contribution in [2.75, 3.05) is 30.3 Å². The molecule has 12 heteroatoms. The van der Waals surface area contributed by atoms with E-state index >= 15 is 0 Å². The number of anilines is 2. The predicted molar refractivity (Wildman–Crippen MR) is 141 cm³/mol. The number of hydrogen-bond donors (Lipinski definition) is 5. The van der Waals surface area contributed by atoms with E-state index in [1.54, 1.807) is 28.8 Å². The number of hydrogen-bond acceptors (Lipinski definition) is 10. The highest BCUT2D eigenvalue weighted by atomic mass is 16.6. The molecule has 0 aliphatic heterocycles. The molecule has 0 saturated heterocycles. The number of amides is 1. The maximum Gasteiger partial charge on any atom is 0.241 e. The van der Waals surface area contributed by atoms with Crippen LogP contribution in [0, 0.1) is 0 Å². The number of imidazole rings is 1. The van der Waals surface area contributed by atoms with Gasteiger partial charge in [-0.3, -0.25) is 9.59 Å². The topological polar surface area (TPSA) is 193 Å². The van der Waals surface area contributed by atoms with Crippen LogP contribution in [-0.2, 0) is 11.3 Å². The Morgan fingerprint density at radius 1 is 1.00 bits per heavy atom. The SMILES string of the molecule is NCCCC[C@H](N)C(=O)Nc1ccc(C(=O)Cn2c(-c3nonc3NCCN)nc3ccccc32)cc1. The van der Waals surface area contributed by atoms with Gasteiger partial charge < -0.3 is 32.4 Å². The van der Waals surface area contributed by atoms with Crippen molar-refractivity contribution in [1.29, 1.82) is 0 Å². The molecule has 2 aromatic carbocycles. The lowest BCUT2D eigenvalue weighted by molar-refractivity contribution is -0.117. The fraction of sp³-hybridized carbons (Fsp3) is 0.320. The predicted octanol–water partition coefficient (Wildman–Crippen LogP) is 1.73. The number of para-hydroxylation sites is 2. The molecule has 1 amide bonds. The molecule has 1 atom stereocenters. The van der Waals surface area contributed by atoms with Gasteiger partial charge in [0.1, 0.15) is 0 Å². The fourth-order valence-corrected chi connectivity index (χ4v) is 3.91. The minimum absolute atomic E-state index is 0.0107. The van der Waals surface area contributed by atoms with E-state index in [-0.39, 0.29) is 18.2 Å². The highest BCUT2D eigenvalue weighted by molar-refractivity contribution is 5.99. The standard InChI is InChI=1S/C25H31N9O3/c26-12-4-3-5-18(28)25(36)30-17-10-8-16(9-11-17)21(35)15-34-20-7-2-1-6-19(20)31-24(34)22-23(29-14-13-27)33-37-32-22/h1-2,6-11,18H,3-5,12-15,26-28H2,(H,29,33)(H,30,36)/t18-/m0/s1. The lowest BCUT2D eigenvalue weighted by Gasteiger charge is -2.12. The average molecular weight is 506 g/mol. The summed E-state index contributed by atoms with van der Waals surface area (Å²) in [5, 5.41) is 13.8. The summed E-state index contributed by atoms with van der Waals surface area (Å²) in [4.78, 5) is 30.3. The van der Waals surface area contributed by atoms with Crippen molar-refractivity contribution in [3.8, 4) is 11.5 Å². The van der Waals surface area contributed by atoms with Gasteiger partial charge in [0, 0.05) is 24.3 Å². The van der Waals surface area contributed by atoms with E-state index in [0.29, 0.717) is 60.2 Å². The van der Waals surface area contributed by atoms with E-state index in [1.807, 2.05) is 24.3 Å². The first-order valence-corrected chi connectivity index (χ1v) is 12.1. The first-order chi connectivity index (χ1) is 18.0. The second-order valence-electron chi connectivity index (χ2n) is 8.57. The van der Waals surface area contributed by atoms with Crippen LogP contribution < -0.4 is 27.8 Å². The normalized spacial score (nSPS) is 12.0. The molecule has 0 aliphatic carbocycles. The first kappa shape index (κ1) is 25.9. The molecule has 0 saturated carbocycles. The Bertz CT molecular complexity index is 1350. The Morgan fingerprint density at radius 2 is 1.78 bits per heavy atom. The van der Waals surface area contributed by atoms with Gasteiger partial charge in [-0.2, -0.15) is 0 Å². The molecule has 0 fully saturated rings. The number of aromatic nitrogens is 4.